The lowest BCUT2D eigenvalue weighted by Gasteiger charge is -2.40. The van der Waals surface area contributed by atoms with Crippen LogP contribution in [-0.4, -0.2) is 53.3 Å². The van der Waals surface area contributed by atoms with Crippen molar-refractivity contribution >= 4 is 5.91 Å². The Bertz CT molecular complexity index is 1340. The number of carbonyl (C=O) groups is 1. The van der Waals surface area contributed by atoms with Crippen LogP contribution in [0, 0.1) is 6.92 Å². The number of amides is 1. The van der Waals surface area contributed by atoms with E-state index in [2.05, 4.69) is 46.2 Å². The molecule has 1 unspecified atom stereocenters. The van der Waals surface area contributed by atoms with Crippen molar-refractivity contribution in [3.63, 3.8) is 0 Å². The molecule has 1 aliphatic heterocycles. The van der Waals surface area contributed by atoms with Crippen LogP contribution in [0.5, 0.6) is 0 Å². The molecule has 1 atom stereocenters. The highest BCUT2D eigenvalue weighted by Crippen LogP contribution is 2.34. The predicted octanol–water partition coefficient (Wildman–Crippen LogP) is 8.85. The zero-order valence-electron chi connectivity index (χ0n) is 26.6. The van der Waals surface area contributed by atoms with Gasteiger partial charge in [-0.1, -0.05) is 92.3 Å². The molecule has 1 fully saturated rings. The average molecular weight is 606 g/mol. The number of alkyl halides is 3. The first-order valence-corrected chi connectivity index (χ1v) is 15.5. The van der Waals surface area contributed by atoms with Crippen LogP contribution in [0.2, 0.25) is 0 Å². The molecular weight excluding hydrogens is 559 g/mol. The summed E-state index contributed by atoms with van der Waals surface area (Å²) in [4.78, 5) is 20.1. The smallest absolute Gasteiger partial charge is 0.292 e. The van der Waals surface area contributed by atoms with E-state index in [1.54, 1.807) is 17.0 Å². The highest BCUT2D eigenvalue weighted by Gasteiger charge is 2.32. The van der Waals surface area contributed by atoms with E-state index in [-0.39, 0.29) is 18.5 Å². The lowest BCUT2D eigenvalue weighted by Crippen LogP contribution is -2.50. The molecule has 1 aliphatic carbocycles. The van der Waals surface area contributed by atoms with Crippen LogP contribution in [0.4, 0.5) is 13.2 Å². The monoisotopic (exact) mass is 605 g/mol. The van der Waals surface area contributed by atoms with Gasteiger partial charge < -0.3 is 0 Å². The van der Waals surface area contributed by atoms with Gasteiger partial charge in [-0.3, -0.25) is 19.5 Å². The Labute approximate surface area is 261 Å². The van der Waals surface area contributed by atoms with E-state index in [0.717, 1.165) is 53.1 Å². The molecule has 0 N–H and O–H groups in total. The van der Waals surface area contributed by atoms with Crippen LogP contribution in [-0.2, 0) is 11.0 Å². The molecule has 44 heavy (non-hydrogen) atoms. The molecule has 4 nitrogen and oxygen atoms in total. The van der Waals surface area contributed by atoms with Crippen LogP contribution in [0.3, 0.4) is 0 Å². The van der Waals surface area contributed by atoms with Gasteiger partial charge in [-0.2, -0.15) is 13.2 Å². The van der Waals surface area contributed by atoms with Gasteiger partial charge in [-0.05, 0) is 69.0 Å². The molecule has 7 heteroatoms. The Morgan fingerprint density at radius 3 is 2.05 bits per heavy atom. The third kappa shape index (κ3) is 9.41. The summed E-state index contributed by atoms with van der Waals surface area (Å²) in [5, 5.41) is 0. The van der Waals surface area contributed by atoms with Gasteiger partial charge in [0, 0.05) is 37.6 Å². The van der Waals surface area contributed by atoms with E-state index in [9.17, 15) is 18.0 Å². The fraction of sp³-hybridized carbons (Fsp3) is 0.378. The topological polar surface area (TPSA) is 26.8 Å². The molecule has 1 heterocycles. The van der Waals surface area contributed by atoms with Crippen molar-refractivity contribution in [3.05, 3.63) is 131 Å². The van der Waals surface area contributed by atoms with E-state index >= 15 is 0 Å². The normalized spacial score (nSPS) is 18.8. The van der Waals surface area contributed by atoms with E-state index < -0.39 is 11.7 Å². The Morgan fingerprint density at radius 1 is 0.886 bits per heavy atom. The zero-order valence-corrected chi connectivity index (χ0v) is 26.6. The highest BCUT2D eigenvalue weighted by atomic mass is 19.4. The van der Waals surface area contributed by atoms with Crippen molar-refractivity contribution in [1.82, 2.24) is 14.7 Å². The number of piperazine rings is 1. The Hall–Kier alpha value is -3.68. The van der Waals surface area contributed by atoms with Crippen molar-refractivity contribution in [2.45, 2.75) is 59.7 Å². The highest BCUT2D eigenvalue weighted by molar-refractivity contribution is 5.83. The van der Waals surface area contributed by atoms with Crippen molar-refractivity contribution in [2.24, 2.45) is 0 Å². The molecule has 0 saturated carbocycles. The summed E-state index contributed by atoms with van der Waals surface area (Å²) in [5.74, 6) is 0.00734. The van der Waals surface area contributed by atoms with Crippen LogP contribution in [0.1, 0.15) is 68.8 Å². The quantitative estimate of drug-likeness (QED) is 0.222. The molecule has 2 aromatic rings. The summed E-state index contributed by atoms with van der Waals surface area (Å²) in [5.41, 5.74) is 4.05. The summed E-state index contributed by atoms with van der Waals surface area (Å²) >= 11 is 0. The largest absolute Gasteiger partial charge is 0.416 e. The lowest BCUT2D eigenvalue weighted by molar-refractivity contribution is -0.137. The fourth-order valence-electron chi connectivity index (χ4n) is 5.45. The third-order valence-electron chi connectivity index (χ3n) is 7.67. The van der Waals surface area contributed by atoms with Crippen LogP contribution < -0.4 is 0 Å². The number of halogens is 3. The van der Waals surface area contributed by atoms with Crippen molar-refractivity contribution in [3.8, 4) is 0 Å². The van der Waals surface area contributed by atoms with E-state index in [0.29, 0.717) is 26.2 Å². The third-order valence-corrected chi connectivity index (χ3v) is 7.67. The number of nitrogens with zero attached hydrogens (tertiary/aromatic N) is 3. The number of carbonyl (C=O) groups excluding carboxylic acids is 1. The number of rotatable bonds is 8. The molecule has 2 aliphatic rings. The molecule has 1 saturated heterocycles. The summed E-state index contributed by atoms with van der Waals surface area (Å²) in [6.07, 6.45) is 13.4. The number of benzene rings is 2. The summed E-state index contributed by atoms with van der Waals surface area (Å²) in [6, 6.07) is 13.5. The standard InChI is InChI=1S/C35H40F3N3O.C2H6/c1-4-11-31(5-2)41(32-12-9-7-6-8-10-13-32)33(42)26-39-22-24-40(25-23-39)34(28-16-14-27(3)15-17-28)29-18-20-30(21-19-29)35(36,37)38;1-2/h4-7,10-21,34H,8-9,22-26H2,1-3H3;1-2H3/b7-6-,11-4-,13-10-,31-5+,32-12?;. The first-order chi connectivity index (χ1) is 21.2. The Morgan fingerprint density at radius 2 is 1.48 bits per heavy atom. The fourth-order valence-corrected chi connectivity index (χ4v) is 5.45. The second-order valence-electron chi connectivity index (χ2n) is 10.7. The van der Waals surface area contributed by atoms with Gasteiger partial charge in [0.15, 0.2) is 0 Å². The Kier molecular flexibility index (Phi) is 13.4. The van der Waals surface area contributed by atoms with Crippen molar-refractivity contribution in [2.75, 3.05) is 32.7 Å². The second-order valence-corrected chi connectivity index (χ2v) is 10.7. The van der Waals surface area contributed by atoms with E-state index in [1.165, 1.54) is 0 Å². The predicted molar refractivity (Wildman–Crippen MR) is 175 cm³/mol. The van der Waals surface area contributed by atoms with Gasteiger partial charge in [0.2, 0.25) is 5.91 Å². The maximum atomic E-state index is 13.8. The molecule has 1 amide bonds. The van der Waals surface area contributed by atoms with Gasteiger partial charge in [0.05, 0.1) is 18.2 Å². The number of allylic oxidation sites excluding steroid dienone is 8. The second kappa shape index (κ2) is 17.0. The number of hydrogen-bond donors (Lipinski definition) is 0. The molecule has 0 aromatic heterocycles. The number of aryl methyl sites for hydroxylation is 1. The molecule has 4 rings (SSSR count). The summed E-state index contributed by atoms with van der Waals surface area (Å²) in [6.45, 7) is 12.9. The SMILES string of the molecule is C/C=C\C(=C/C)N(C(=O)CN1CCN(C(c2ccc(C)cc2)c2ccc(C(F)(F)F)cc2)CC1)C1=CC/C=C\C/C=C\1.CC. The van der Waals surface area contributed by atoms with Gasteiger partial charge >= 0.3 is 6.18 Å². The Balaban J connectivity index is 0.00000259. The molecular formula is C37H46F3N3O. The molecule has 0 bridgehead atoms. The van der Waals surface area contributed by atoms with Crippen LogP contribution in [0.15, 0.2) is 109 Å². The number of hydrogen-bond acceptors (Lipinski definition) is 3. The van der Waals surface area contributed by atoms with E-state index in [4.69, 9.17) is 0 Å². The van der Waals surface area contributed by atoms with Gasteiger partial charge in [-0.25, -0.2) is 0 Å². The van der Waals surface area contributed by atoms with E-state index in [1.807, 2.05) is 71.1 Å². The minimum Gasteiger partial charge on any atom is -0.292 e. The summed E-state index contributed by atoms with van der Waals surface area (Å²) < 4.78 is 39.8. The average Bonchev–Trinajstić information content (AvgIpc) is 3.00. The molecule has 236 valence electrons. The minimum absolute atomic E-state index is 0.00734. The van der Waals surface area contributed by atoms with Gasteiger partial charge in [0.25, 0.3) is 0 Å². The van der Waals surface area contributed by atoms with Crippen LogP contribution in [0.25, 0.3) is 0 Å². The van der Waals surface area contributed by atoms with Crippen LogP contribution >= 0.6 is 0 Å². The van der Waals surface area contributed by atoms with Crippen molar-refractivity contribution in [1.29, 1.82) is 0 Å². The minimum atomic E-state index is -4.37. The van der Waals surface area contributed by atoms with Gasteiger partial charge in [-0.15, -0.1) is 0 Å². The summed E-state index contributed by atoms with van der Waals surface area (Å²) in [7, 11) is 0. The molecule has 0 spiro atoms. The molecule has 2 aromatic carbocycles. The van der Waals surface area contributed by atoms with Gasteiger partial charge in [0.1, 0.15) is 0 Å². The maximum Gasteiger partial charge on any atom is 0.416 e. The van der Waals surface area contributed by atoms with Crippen molar-refractivity contribution < 1.29 is 18.0 Å². The maximum absolute atomic E-state index is 13.8. The lowest BCUT2D eigenvalue weighted by atomic mass is 9.94. The first kappa shape index (κ1) is 34.8. The molecule has 0 radical (unpaired) electrons. The first-order valence-electron chi connectivity index (χ1n) is 15.5. The zero-order chi connectivity index (χ0) is 32.1.